The molecule has 2 N–H and O–H groups in total. The molecular formula is C17H16ClN3O4S. The molecule has 2 aromatic rings. The highest BCUT2D eigenvalue weighted by molar-refractivity contribution is 8.04. The van der Waals surface area contributed by atoms with Crippen LogP contribution in [0.4, 0.5) is 0 Å². The Kier molecular flexibility index (Phi) is 6.95. The van der Waals surface area contributed by atoms with Gasteiger partial charge in [-0.15, -0.1) is 11.5 Å². The number of methoxy groups -OCH3 is 1. The summed E-state index contributed by atoms with van der Waals surface area (Å²) in [6.45, 7) is 1.95. The molecular weight excluding hydrogens is 378 g/mol. The van der Waals surface area contributed by atoms with Crippen molar-refractivity contribution in [1.82, 2.24) is 15.2 Å². The van der Waals surface area contributed by atoms with Crippen LogP contribution in [0.25, 0.3) is 6.08 Å². The van der Waals surface area contributed by atoms with Crippen LogP contribution < -0.4 is 9.47 Å². The number of H-pyrrole nitrogens is 1. The third-order valence-corrected chi connectivity index (χ3v) is 4.27. The summed E-state index contributed by atoms with van der Waals surface area (Å²) in [7, 11) is 1.45. The fourth-order valence-corrected chi connectivity index (χ4v) is 2.94. The predicted molar refractivity (Wildman–Crippen MR) is 99.6 cm³/mol. The van der Waals surface area contributed by atoms with Gasteiger partial charge in [0.25, 0.3) is 0 Å². The molecule has 136 valence electrons. The number of nitrogens with zero attached hydrogens (tertiary/aromatic N) is 2. The Balaban J connectivity index is 2.35. The second-order valence-corrected chi connectivity index (χ2v) is 6.28. The Labute approximate surface area is 159 Å². The van der Waals surface area contributed by atoms with Crippen LogP contribution in [0.15, 0.2) is 22.2 Å². The second kappa shape index (κ2) is 9.17. The maximum atomic E-state index is 11.6. The van der Waals surface area contributed by atoms with E-state index in [-0.39, 0.29) is 16.5 Å². The molecule has 0 saturated heterocycles. The van der Waals surface area contributed by atoms with Crippen LogP contribution in [0.2, 0.25) is 5.02 Å². The minimum absolute atomic E-state index is 0.0297. The maximum absolute atomic E-state index is 11.6. The lowest BCUT2D eigenvalue weighted by molar-refractivity contribution is -0.131. The largest absolute Gasteiger partial charge is 0.493 e. The van der Waals surface area contributed by atoms with Crippen LogP contribution >= 0.6 is 23.4 Å². The molecule has 7 nitrogen and oxygen atoms in total. The molecule has 26 heavy (non-hydrogen) atoms. The van der Waals surface area contributed by atoms with Crippen LogP contribution in [0.3, 0.4) is 0 Å². The number of halogens is 1. The van der Waals surface area contributed by atoms with Gasteiger partial charge in [0.2, 0.25) is 5.16 Å². The summed E-state index contributed by atoms with van der Waals surface area (Å²) in [6.07, 6.45) is 7.31. The SMILES string of the molecule is C#CCOc1c(Cl)cc(/C=C(\Sc2n[nH]c(CC)n2)C(=O)O)cc1OC. The van der Waals surface area contributed by atoms with Crippen molar-refractivity contribution >= 4 is 35.4 Å². The Hall–Kier alpha value is -2.63. The van der Waals surface area contributed by atoms with Crippen molar-refractivity contribution in [3.63, 3.8) is 0 Å². The summed E-state index contributed by atoms with van der Waals surface area (Å²) in [5, 5.41) is 16.8. The number of carboxylic acids is 1. The van der Waals surface area contributed by atoms with E-state index in [1.807, 2.05) is 6.92 Å². The molecule has 0 radical (unpaired) electrons. The quantitative estimate of drug-likeness (QED) is 0.403. The number of aromatic amines is 1. The third-order valence-electron chi connectivity index (χ3n) is 3.11. The molecule has 0 aliphatic rings. The number of benzene rings is 1. The fourth-order valence-electron chi connectivity index (χ4n) is 1.94. The lowest BCUT2D eigenvalue weighted by Crippen LogP contribution is -1.99. The highest BCUT2D eigenvalue weighted by Crippen LogP contribution is 2.37. The molecule has 2 rings (SSSR count). The summed E-state index contributed by atoms with van der Waals surface area (Å²) in [6, 6.07) is 3.17. The van der Waals surface area contributed by atoms with E-state index in [0.717, 1.165) is 11.8 Å². The molecule has 0 saturated carbocycles. The first-order valence-electron chi connectivity index (χ1n) is 7.46. The number of aromatic nitrogens is 3. The predicted octanol–water partition coefficient (Wildman–Crippen LogP) is 3.26. The van der Waals surface area contributed by atoms with Gasteiger partial charge in [-0.1, -0.05) is 24.4 Å². The number of carbonyl (C=O) groups is 1. The van der Waals surface area contributed by atoms with Gasteiger partial charge in [-0.3, -0.25) is 5.10 Å². The molecule has 0 unspecified atom stereocenters. The number of hydrogen-bond acceptors (Lipinski definition) is 6. The number of nitrogens with one attached hydrogen (secondary N) is 1. The monoisotopic (exact) mass is 393 g/mol. The smallest absolute Gasteiger partial charge is 0.342 e. The molecule has 1 aromatic heterocycles. The van der Waals surface area contributed by atoms with Gasteiger partial charge in [0.1, 0.15) is 17.3 Å². The Morgan fingerprint density at radius 1 is 1.54 bits per heavy atom. The highest BCUT2D eigenvalue weighted by atomic mass is 35.5. The normalized spacial score (nSPS) is 11.1. The topological polar surface area (TPSA) is 97.3 Å². The third kappa shape index (κ3) is 4.94. The van der Waals surface area contributed by atoms with E-state index in [2.05, 4.69) is 21.1 Å². The van der Waals surface area contributed by atoms with E-state index in [9.17, 15) is 9.90 Å². The summed E-state index contributed by atoms with van der Waals surface area (Å²) in [4.78, 5) is 15.8. The van der Waals surface area contributed by atoms with Crippen molar-refractivity contribution < 1.29 is 19.4 Å². The lowest BCUT2D eigenvalue weighted by atomic mass is 10.2. The fraction of sp³-hybridized carbons (Fsp3) is 0.235. The van der Waals surface area contributed by atoms with Gasteiger partial charge in [0.05, 0.1) is 12.1 Å². The average molecular weight is 394 g/mol. The Bertz CT molecular complexity index is 873. The Morgan fingerprint density at radius 3 is 2.88 bits per heavy atom. The van der Waals surface area contributed by atoms with Gasteiger partial charge >= 0.3 is 5.97 Å². The average Bonchev–Trinajstić information content (AvgIpc) is 3.07. The van der Waals surface area contributed by atoms with Crippen molar-refractivity contribution in [2.75, 3.05) is 13.7 Å². The standard InChI is InChI=1S/C17H16ClN3O4S/c1-4-6-25-15-11(18)7-10(8-12(15)24-3)9-13(16(22)23)26-17-19-14(5-2)20-21-17/h1,7-9H,5-6H2,2-3H3,(H,22,23)(H,19,20,21)/b13-9-. The summed E-state index contributed by atoms with van der Waals surface area (Å²) >= 11 is 7.14. The Morgan fingerprint density at radius 2 is 2.31 bits per heavy atom. The first kappa shape index (κ1) is 19.7. The number of ether oxygens (including phenoxy) is 2. The molecule has 0 amide bonds. The van der Waals surface area contributed by atoms with Crippen LogP contribution in [0, 0.1) is 12.3 Å². The minimum Gasteiger partial charge on any atom is -0.493 e. The number of hydrogen-bond donors (Lipinski definition) is 2. The molecule has 0 spiro atoms. The number of aliphatic carboxylic acids is 1. The van der Waals surface area contributed by atoms with Crippen LogP contribution in [0.5, 0.6) is 11.5 Å². The number of rotatable bonds is 8. The number of thioether (sulfide) groups is 1. The molecule has 0 atom stereocenters. The van der Waals surface area contributed by atoms with Gasteiger partial charge in [-0.2, -0.15) is 0 Å². The number of aryl methyl sites for hydroxylation is 1. The van der Waals surface area contributed by atoms with E-state index in [1.54, 1.807) is 12.1 Å². The number of terminal acetylenes is 1. The first-order valence-corrected chi connectivity index (χ1v) is 8.65. The second-order valence-electron chi connectivity index (χ2n) is 4.86. The molecule has 1 aromatic carbocycles. The van der Waals surface area contributed by atoms with E-state index < -0.39 is 5.97 Å². The van der Waals surface area contributed by atoms with Crippen molar-refractivity contribution in [2.24, 2.45) is 0 Å². The van der Waals surface area contributed by atoms with Crippen molar-refractivity contribution in [2.45, 2.75) is 18.5 Å². The molecule has 0 fully saturated rings. The molecule has 0 bridgehead atoms. The van der Waals surface area contributed by atoms with Crippen molar-refractivity contribution in [3.8, 4) is 23.8 Å². The molecule has 1 heterocycles. The number of carboxylic acid groups (broad SMARTS) is 1. The van der Waals surface area contributed by atoms with Crippen molar-refractivity contribution in [1.29, 1.82) is 0 Å². The summed E-state index contributed by atoms with van der Waals surface area (Å²) in [5.74, 6) is 2.56. The van der Waals surface area contributed by atoms with Crippen LogP contribution in [0.1, 0.15) is 18.3 Å². The summed E-state index contributed by atoms with van der Waals surface area (Å²) in [5.41, 5.74) is 0.524. The lowest BCUT2D eigenvalue weighted by Gasteiger charge is -2.12. The van der Waals surface area contributed by atoms with E-state index in [4.69, 9.17) is 27.5 Å². The van der Waals surface area contributed by atoms with Crippen LogP contribution in [-0.2, 0) is 11.2 Å². The zero-order valence-electron chi connectivity index (χ0n) is 14.1. The van der Waals surface area contributed by atoms with E-state index >= 15 is 0 Å². The van der Waals surface area contributed by atoms with Gasteiger partial charge in [-0.25, -0.2) is 9.78 Å². The van der Waals surface area contributed by atoms with Crippen molar-refractivity contribution in [3.05, 3.63) is 33.4 Å². The minimum atomic E-state index is -1.11. The zero-order chi connectivity index (χ0) is 19.1. The summed E-state index contributed by atoms with van der Waals surface area (Å²) < 4.78 is 10.6. The van der Waals surface area contributed by atoms with Gasteiger partial charge < -0.3 is 14.6 Å². The first-order chi connectivity index (χ1) is 12.5. The van der Waals surface area contributed by atoms with E-state index in [0.29, 0.717) is 34.5 Å². The molecule has 0 aliphatic heterocycles. The zero-order valence-corrected chi connectivity index (χ0v) is 15.6. The van der Waals surface area contributed by atoms with Gasteiger partial charge in [0, 0.05) is 6.42 Å². The van der Waals surface area contributed by atoms with E-state index in [1.165, 1.54) is 13.2 Å². The van der Waals surface area contributed by atoms with Crippen LogP contribution in [-0.4, -0.2) is 40.0 Å². The molecule has 0 aliphatic carbocycles. The highest BCUT2D eigenvalue weighted by Gasteiger charge is 2.16. The molecule has 9 heteroatoms. The van der Waals surface area contributed by atoms with Gasteiger partial charge in [0.15, 0.2) is 11.5 Å². The van der Waals surface area contributed by atoms with Gasteiger partial charge in [-0.05, 0) is 35.5 Å². The maximum Gasteiger partial charge on any atom is 0.342 e.